The van der Waals surface area contributed by atoms with Gasteiger partial charge < -0.3 is 0 Å². The van der Waals surface area contributed by atoms with Crippen LogP contribution in [0.5, 0.6) is 0 Å². The highest BCUT2D eigenvalue weighted by atomic mass is 28.3. The third-order valence-corrected chi connectivity index (χ3v) is 13.3. The zero-order valence-corrected chi connectivity index (χ0v) is 27.3. The van der Waals surface area contributed by atoms with Gasteiger partial charge in [-0.3, -0.25) is 0 Å². The molecule has 0 bridgehead atoms. The molecule has 0 amide bonds. The molecule has 0 unspecified atom stereocenters. The van der Waals surface area contributed by atoms with E-state index in [2.05, 4.69) is 147 Å². The van der Waals surface area contributed by atoms with Gasteiger partial charge in [0.2, 0.25) is 0 Å². The molecule has 222 valence electrons. The quantitative estimate of drug-likeness (QED) is 0.185. The summed E-state index contributed by atoms with van der Waals surface area (Å²) in [5, 5.41) is 7.87. The minimum absolute atomic E-state index is 0.674. The third-order valence-electron chi connectivity index (χ3n) is 9.72. The van der Waals surface area contributed by atoms with E-state index in [9.17, 15) is 0 Å². The number of benzene rings is 7. The number of nitrogens with zero attached hydrogens (tertiary/aromatic N) is 3. The van der Waals surface area contributed by atoms with Gasteiger partial charge in [-0.15, -0.1) is 0 Å². The molecule has 3 nitrogen and oxygen atoms in total. The van der Waals surface area contributed by atoms with Crippen LogP contribution in [-0.2, 0) is 0 Å². The smallest absolute Gasteiger partial charge is 0.164 e. The molecular formula is C43H31N3Si. The van der Waals surface area contributed by atoms with E-state index in [1.54, 1.807) is 0 Å². The Morgan fingerprint density at radius 3 is 1.68 bits per heavy atom. The second-order valence-corrected chi connectivity index (χ2v) is 17.1. The lowest BCUT2D eigenvalue weighted by molar-refractivity contribution is 1.08. The molecule has 47 heavy (non-hydrogen) atoms. The summed E-state index contributed by atoms with van der Waals surface area (Å²) >= 11 is 0. The molecule has 7 aromatic carbocycles. The normalized spacial score (nSPS) is 13.1. The summed E-state index contributed by atoms with van der Waals surface area (Å²) in [5.74, 6) is 2.05. The van der Waals surface area contributed by atoms with Crippen molar-refractivity contribution in [2.24, 2.45) is 0 Å². The van der Waals surface area contributed by atoms with Crippen LogP contribution in [0.25, 0.3) is 78.0 Å². The maximum Gasteiger partial charge on any atom is 0.164 e. The molecule has 0 fully saturated rings. The summed E-state index contributed by atoms with van der Waals surface area (Å²) in [6, 6.07) is 53.9. The van der Waals surface area contributed by atoms with E-state index in [-0.39, 0.29) is 0 Å². The predicted molar refractivity (Wildman–Crippen MR) is 199 cm³/mol. The van der Waals surface area contributed by atoms with E-state index >= 15 is 0 Å². The lowest BCUT2D eigenvalue weighted by atomic mass is 9.94. The van der Waals surface area contributed by atoms with Crippen molar-refractivity contribution in [3.63, 3.8) is 0 Å². The van der Waals surface area contributed by atoms with Crippen LogP contribution < -0.4 is 10.4 Å². The maximum atomic E-state index is 5.31. The topological polar surface area (TPSA) is 38.7 Å². The van der Waals surface area contributed by atoms with Crippen molar-refractivity contribution < 1.29 is 0 Å². The second kappa shape index (κ2) is 10.7. The number of hydrogen-bond donors (Lipinski definition) is 0. The fourth-order valence-corrected chi connectivity index (χ4v) is 11.0. The molecule has 1 aliphatic heterocycles. The maximum absolute atomic E-state index is 5.31. The van der Waals surface area contributed by atoms with E-state index in [1.807, 2.05) is 18.2 Å². The number of aromatic nitrogens is 3. The molecule has 8 aromatic rings. The zero-order valence-electron chi connectivity index (χ0n) is 26.3. The van der Waals surface area contributed by atoms with Gasteiger partial charge in [0.05, 0.1) is 0 Å². The molecule has 1 aliphatic rings. The van der Waals surface area contributed by atoms with Gasteiger partial charge in [0.25, 0.3) is 0 Å². The van der Waals surface area contributed by atoms with Crippen LogP contribution in [0.4, 0.5) is 0 Å². The van der Waals surface area contributed by atoms with E-state index < -0.39 is 8.07 Å². The molecule has 0 N–H and O–H groups in total. The first-order chi connectivity index (χ1) is 23.1. The average Bonchev–Trinajstić information content (AvgIpc) is 3.38. The van der Waals surface area contributed by atoms with Gasteiger partial charge in [0.1, 0.15) is 8.07 Å². The summed E-state index contributed by atoms with van der Waals surface area (Å²) in [6.45, 7) is 4.95. The summed E-state index contributed by atoms with van der Waals surface area (Å²) in [4.78, 5) is 15.6. The first-order valence-electron chi connectivity index (χ1n) is 16.1. The van der Waals surface area contributed by atoms with Crippen molar-refractivity contribution in [1.82, 2.24) is 15.0 Å². The molecule has 4 heteroatoms. The first kappa shape index (κ1) is 27.6. The minimum atomic E-state index is -2.01. The standard InChI is InChI=1S/C43H31N3Si/c1-47(2)38-23-13-22-37(39(38)36-25-24-29-16-9-10-19-32(29)40(36)47)43-45-41(30-17-7-4-8-18-30)44-42(46-43)35-27-26-31(28-14-5-3-6-15-28)33-20-11-12-21-34(33)35/h3-27H,1-2H3. The van der Waals surface area contributed by atoms with E-state index in [0.29, 0.717) is 17.5 Å². The summed E-state index contributed by atoms with van der Waals surface area (Å²) in [7, 11) is -2.01. The Labute approximate surface area is 275 Å². The Morgan fingerprint density at radius 2 is 0.936 bits per heavy atom. The molecular weight excluding hydrogens is 587 g/mol. The van der Waals surface area contributed by atoms with Gasteiger partial charge in [-0.05, 0) is 60.2 Å². The van der Waals surface area contributed by atoms with Crippen LogP contribution in [0, 0.1) is 0 Å². The van der Waals surface area contributed by atoms with Gasteiger partial charge in [-0.25, -0.2) is 15.0 Å². The number of rotatable bonds is 4. The third kappa shape index (κ3) is 4.37. The highest BCUT2D eigenvalue weighted by molar-refractivity contribution is 7.05. The Kier molecular flexibility index (Phi) is 6.27. The Morgan fingerprint density at radius 1 is 0.383 bits per heavy atom. The molecule has 2 heterocycles. The first-order valence-corrected chi connectivity index (χ1v) is 19.1. The van der Waals surface area contributed by atoms with Crippen LogP contribution in [0.1, 0.15) is 0 Å². The van der Waals surface area contributed by atoms with Crippen molar-refractivity contribution >= 4 is 40.0 Å². The van der Waals surface area contributed by atoms with Crippen molar-refractivity contribution in [2.45, 2.75) is 13.1 Å². The number of fused-ring (bicyclic) bond motifs is 6. The van der Waals surface area contributed by atoms with Crippen molar-refractivity contribution in [3.05, 3.63) is 152 Å². The van der Waals surface area contributed by atoms with Crippen LogP contribution in [0.15, 0.2) is 152 Å². The Balaban J connectivity index is 1.31. The summed E-state index contributed by atoms with van der Waals surface area (Å²) < 4.78 is 0. The van der Waals surface area contributed by atoms with Crippen molar-refractivity contribution in [3.8, 4) is 56.4 Å². The zero-order chi connectivity index (χ0) is 31.5. The molecule has 0 radical (unpaired) electrons. The van der Waals surface area contributed by atoms with Crippen molar-refractivity contribution in [2.75, 3.05) is 0 Å². The highest BCUT2D eigenvalue weighted by Gasteiger charge is 2.40. The van der Waals surface area contributed by atoms with E-state index in [4.69, 9.17) is 15.0 Å². The SMILES string of the molecule is C[Si]1(C)c2cccc(-c3nc(-c4ccccc4)nc(-c4ccc(-c5ccccc5)c5ccccc45)n3)c2-c2ccc3ccccc3c21. The average molecular weight is 618 g/mol. The van der Waals surface area contributed by atoms with E-state index in [1.165, 1.54) is 48.8 Å². The van der Waals surface area contributed by atoms with Crippen LogP contribution in [0.3, 0.4) is 0 Å². The summed E-state index contributed by atoms with van der Waals surface area (Å²) in [6.07, 6.45) is 0. The lowest BCUT2D eigenvalue weighted by Crippen LogP contribution is -2.49. The molecule has 0 spiro atoms. The highest BCUT2D eigenvalue weighted by Crippen LogP contribution is 2.40. The molecule has 0 atom stereocenters. The largest absolute Gasteiger partial charge is 0.208 e. The predicted octanol–water partition coefficient (Wildman–Crippen LogP) is 9.65. The molecule has 9 rings (SSSR count). The second-order valence-electron chi connectivity index (χ2n) is 12.8. The number of hydrogen-bond acceptors (Lipinski definition) is 3. The fourth-order valence-electron chi connectivity index (χ4n) is 7.53. The monoisotopic (exact) mass is 617 g/mol. The molecule has 1 aromatic heterocycles. The Bertz CT molecular complexity index is 2490. The van der Waals surface area contributed by atoms with Crippen LogP contribution in [0.2, 0.25) is 13.1 Å². The molecule has 0 aliphatic carbocycles. The van der Waals surface area contributed by atoms with Gasteiger partial charge in [0.15, 0.2) is 17.5 Å². The fraction of sp³-hybridized carbons (Fsp3) is 0.0465. The van der Waals surface area contributed by atoms with Crippen LogP contribution >= 0.6 is 0 Å². The van der Waals surface area contributed by atoms with Gasteiger partial charge in [-0.2, -0.15) is 0 Å². The molecule has 0 saturated heterocycles. The minimum Gasteiger partial charge on any atom is -0.208 e. The molecule has 0 saturated carbocycles. The summed E-state index contributed by atoms with van der Waals surface area (Å²) in [5.41, 5.74) is 7.99. The lowest BCUT2D eigenvalue weighted by Gasteiger charge is -2.20. The van der Waals surface area contributed by atoms with Gasteiger partial charge in [-0.1, -0.05) is 159 Å². The van der Waals surface area contributed by atoms with Crippen molar-refractivity contribution in [1.29, 1.82) is 0 Å². The van der Waals surface area contributed by atoms with Gasteiger partial charge in [0, 0.05) is 16.7 Å². The Hall–Kier alpha value is -5.71. The van der Waals surface area contributed by atoms with Gasteiger partial charge >= 0.3 is 0 Å². The van der Waals surface area contributed by atoms with Crippen LogP contribution in [-0.4, -0.2) is 23.0 Å². The van der Waals surface area contributed by atoms with E-state index in [0.717, 1.165) is 22.1 Å².